The van der Waals surface area contributed by atoms with Crippen molar-refractivity contribution in [1.82, 2.24) is 9.62 Å². The first-order valence-electron chi connectivity index (χ1n) is 6.24. The van der Waals surface area contributed by atoms with Crippen LogP contribution in [0.3, 0.4) is 0 Å². The highest BCUT2D eigenvalue weighted by molar-refractivity contribution is 7.89. The monoisotopic (exact) mass is 356 g/mol. The molecule has 0 radical (unpaired) electrons. The molecule has 1 aromatic carbocycles. The van der Waals surface area contributed by atoms with Gasteiger partial charge in [0.2, 0.25) is 10.0 Å². The SMILES string of the molecule is O=C(c1c(Cl)cccc1C(F)(F)F)N1CCNS(=O)(=O)CC1. The number of hydrogen-bond donors (Lipinski definition) is 1. The van der Waals surface area contributed by atoms with Gasteiger partial charge in [-0.05, 0) is 12.1 Å². The largest absolute Gasteiger partial charge is 0.417 e. The molecule has 0 atom stereocenters. The van der Waals surface area contributed by atoms with E-state index in [1.165, 1.54) is 6.07 Å². The Kier molecular flexibility index (Phi) is 4.69. The van der Waals surface area contributed by atoms with Crippen LogP contribution >= 0.6 is 11.6 Å². The van der Waals surface area contributed by atoms with Gasteiger partial charge < -0.3 is 4.90 Å². The Morgan fingerprint density at radius 2 is 1.95 bits per heavy atom. The molecule has 1 saturated heterocycles. The highest BCUT2D eigenvalue weighted by Crippen LogP contribution is 2.35. The molecule has 0 aliphatic carbocycles. The van der Waals surface area contributed by atoms with Gasteiger partial charge in [-0.1, -0.05) is 17.7 Å². The van der Waals surface area contributed by atoms with Crippen molar-refractivity contribution in [3.63, 3.8) is 0 Å². The summed E-state index contributed by atoms with van der Waals surface area (Å²) in [7, 11) is -3.52. The number of carbonyl (C=O) groups is 1. The predicted molar refractivity (Wildman–Crippen MR) is 74.1 cm³/mol. The summed E-state index contributed by atoms with van der Waals surface area (Å²) in [4.78, 5) is 13.4. The molecule has 1 aliphatic rings. The van der Waals surface area contributed by atoms with E-state index >= 15 is 0 Å². The van der Waals surface area contributed by atoms with Crippen molar-refractivity contribution in [3.05, 3.63) is 34.3 Å². The van der Waals surface area contributed by atoms with E-state index in [4.69, 9.17) is 11.6 Å². The van der Waals surface area contributed by atoms with Crippen LogP contribution in [0.25, 0.3) is 0 Å². The zero-order valence-corrected chi connectivity index (χ0v) is 12.7. The summed E-state index contributed by atoms with van der Waals surface area (Å²) < 4.78 is 64.1. The molecule has 1 fully saturated rings. The summed E-state index contributed by atoms with van der Waals surface area (Å²) in [5, 5.41) is -0.320. The summed E-state index contributed by atoms with van der Waals surface area (Å²) in [5.41, 5.74) is -1.79. The molecular weight excluding hydrogens is 345 g/mol. The highest BCUT2D eigenvalue weighted by atomic mass is 35.5. The lowest BCUT2D eigenvalue weighted by Gasteiger charge is -2.22. The third kappa shape index (κ3) is 3.71. The minimum Gasteiger partial charge on any atom is -0.336 e. The molecule has 5 nitrogen and oxygen atoms in total. The molecular formula is C12H12ClF3N2O3S. The van der Waals surface area contributed by atoms with E-state index < -0.39 is 33.2 Å². The third-order valence-electron chi connectivity index (χ3n) is 3.15. The lowest BCUT2D eigenvalue weighted by Crippen LogP contribution is -2.36. The average molecular weight is 357 g/mol. The van der Waals surface area contributed by atoms with Crippen molar-refractivity contribution in [1.29, 1.82) is 0 Å². The Morgan fingerprint density at radius 1 is 1.27 bits per heavy atom. The molecule has 1 heterocycles. The topological polar surface area (TPSA) is 66.5 Å². The second kappa shape index (κ2) is 6.05. The van der Waals surface area contributed by atoms with Gasteiger partial charge in [-0.15, -0.1) is 0 Å². The molecule has 1 aromatic rings. The van der Waals surface area contributed by atoms with E-state index in [9.17, 15) is 26.4 Å². The number of hydrogen-bond acceptors (Lipinski definition) is 3. The Morgan fingerprint density at radius 3 is 2.59 bits per heavy atom. The second-order valence-electron chi connectivity index (χ2n) is 4.67. The van der Waals surface area contributed by atoms with Crippen LogP contribution in [0.15, 0.2) is 18.2 Å². The van der Waals surface area contributed by atoms with Gasteiger partial charge in [-0.3, -0.25) is 4.79 Å². The quantitative estimate of drug-likeness (QED) is 0.833. The summed E-state index contributed by atoms with van der Waals surface area (Å²) in [6.07, 6.45) is -4.73. The molecule has 0 bridgehead atoms. The number of benzene rings is 1. The number of amides is 1. The highest BCUT2D eigenvalue weighted by Gasteiger charge is 2.37. The molecule has 2 rings (SSSR count). The Labute approximate surface area is 130 Å². The van der Waals surface area contributed by atoms with Crippen LogP contribution < -0.4 is 4.72 Å². The predicted octanol–water partition coefficient (Wildman–Crippen LogP) is 1.73. The van der Waals surface area contributed by atoms with Crippen molar-refractivity contribution in [2.45, 2.75) is 6.18 Å². The minimum atomic E-state index is -4.73. The van der Waals surface area contributed by atoms with Crippen LogP contribution in [-0.4, -0.2) is 44.6 Å². The van der Waals surface area contributed by atoms with Gasteiger partial charge in [0.25, 0.3) is 5.91 Å². The smallest absolute Gasteiger partial charge is 0.336 e. The molecule has 0 saturated carbocycles. The number of nitrogens with zero attached hydrogens (tertiary/aromatic N) is 1. The number of alkyl halides is 3. The van der Waals surface area contributed by atoms with Crippen molar-refractivity contribution in [2.75, 3.05) is 25.4 Å². The molecule has 122 valence electrons. The van der Waals surface area contributed by atoms with Crippen LogP contribution in [0, 0.1) is 0 Å². The normalized spacial score (nSPS) is 18.8. The lowest BCUT2D eigenvalue weighted by atomic mass is 10.1. The van der Waals surface area contributed by atoms with Crippen LogP contribution in [-0.2, 0) is 16.2 Å². The Hall–Kier alpha value is -1.32. The summed E-state index contributed by atoms with van der Waals surface area (Å²) in [5.74, 6) is -1.30. The number of halogens is 4. The van der Waals surface area contributed by atoms with E-state index in [1.54, 1.807) is 0 Å². The fourth-order valence-electron chi connectivity index (χ4n) is 2.09. The molecule has 0 spiro atoms. The van der Waals surface area contributed by atoms with Gasteiger partial charge in [0.05, 0.1) is 21.9 Å². The second-order valence-corrected chi connectivity index (χ2v) is 7.00. The summed E-state index contributed by atoms with van der Waals surface area (Å²) in [6.45, 7) is -0.281. The first-order chi connectivity index (χ1) is 10.1. The van der Waals surface area contributed by atoms with Crippen molar-refractivity contribution >= 4 is 27.5 Å². The molecule has 1 aliphatic heterocycles. The van der Waals surface area contributed by atoms with E-state index in [-0.39, 0.29) is 30.4 Å². The fourth-order valence-corrected chi connectivity index (χ4v) is 3.35. The van der Waals surface area contributed by atoms with E-state index in [2.05, 4.69) is 4.72 Å². The molecule has 1 amide bonds. The van der Waals surface area contributed by atoms with Gasteiger partial charge >= 0.3 is 6.18 Å². The standard InChI is InChI=1S/C12H12ClF3N2O3S/c13-9-3-1-2-8(12(14,15)16)10(9)11(19)18-5-4-17-22(20,21)7-6-18/h1-3,17H,4-7H2. The summed E-state index contributed by atoms with van der Waals surface area (Å²) >= 11 is 5.76. The van der Waals surface area contributed by atoms with Crippen molar-refractivity contribution < 1.29 is 26.4 Å². The number of nitrogens with one attached hydrogen (secondary N) is 1. The zero-order valence-electron chi connectivity index (χ0n) is 11.2. The first-order valence-corrected chi connectivity index (χ1v) is 8.27. The van der Waals surface area contributed by atoms with Crippen LogP contribution in [0.5, 0.6) is 0 Å². The lowest BCUT2D eigenvalue weighted by molar-refractivity contribution is -0.138. The molecule has 1 N–H and O–H groups in total. The Balaban J connectivity index is 2.38. The van der Waals surface area contributed by atoms with Gasteiger partial charge in [0.15, 0.2) is 0 Å². The summed E-state index contributed by atoms with van der Waals surface area (Å²) in [6, 6.07) is 3.07. The van der Waals surface area contributed by atoms with Crippen LogP contribution in [0.4, 0.5) is 13.2 Å². The first kappa shape index (κ1) is 17.0. The maximum atomic E-state index is 13.0. The van der Waals surface area contributed by atoms with Gasteiger partial charge in [-0.2, -0.15) is 13.2 Å². The fraction of sp³-hybridized carbons (Fsp3) is 0.417. The number of carbonyl (C=O) groups excluding carboxylic acids is 1. The Bertz CT molecular complexity index is 691. The maximum absolute atomic E-state index is 13.0. The third-order valence-corrected chi connectivity index (χ3v) is 4.83. The van der Waals surface area contributed by atoms with E-state index in [1.807, 2.05) is 0 Å². The molecule has 22 heavy (non-hydrogen) atoms. The van der Waals surface area contributed by atoms with Gasteiger partial charge in [-0.25, -0.2) is 13.1 Å². The van der Waals surface area contributed by atoms with Crippen LogP contribution in [0.1, 0.15) is 15.9 Å². The van der Waals surface area contributed by atoms with Gasteiger partial charge in [0.1, 0.15) is 0 Å². The zero-order chi connectivity index (χ0) is 16.5. The van der Waals surface area contributed by atoms with E-state index in [0.717, 1.165) is 17.0 Å². The maximum Gasteiger partial charge on any atom is 0.417 e. The average Bonchev–Trinajstić information content (AvgIpc) is 2.57. The van der Waals surface area contributed by atoms with E-state index in [0.29, 0.717) is 0 Å². The van der Waals surface area contributed by atoms with Crippen LogP contribution in [0.2, 0.25) is 5.02 Å². The molecule has 0 aromatic heterocycles. The van der Waals surface area contributed by atoms with Crippen molar-refractivity contribution in [3.8, 4) is 0 Å². The molecule has 0 unspecified atom stereocenters. The number of rotatable bonds is 1. The van der Waals surface area contributed by atoms with Gasteiger partial charge in [0, 0.05) is 19.6 Å². The minimum absolute atomic E-state index is 0.0272. The van der Waals surface area contributed by atoms with Crippen molar-refractivity contribution in [2.24, 2.45) is 0 Å². The number of sulfonamides is 1. The molecule has 10 heteroatoms.